The highest BCUT2D eigenvalue weighted by Gasteiger charge is 2.54. The summed E-state index contributed by atoms with van der Waals surface area (Å²) in [5.74, 6) is -2.49. The summed E-state index contributed by atoms with van der Waals surface area (Å²) in [6.07, 6.45) is 7.72. The number of rotatable bonds is 9. The van der Waals surface area contributed by atoms with E-state index < -0.39 is 34.9 Å². The van der Waals surface area contributed by atoms with E-state index in [1.807, 2.05) is 12.2 Å². The number of carboxylic acids is 1. The number of pyridine rings is 1. The second kappa shape index (κ2) is 11.5. The van der Waals surface area contributed by atoms with Gasteiger partial charge < -0.3 is 27.1 Å². The van der Waals surface area contributed by atoms with Gasteiger partial charge in [0.05, 0.1) is 0 Å². The van der Waals surface area contributed by atoms with Crippen molar-refractivity contribution in [1.29, 1.82) is 0 Å². The molecule has 2 aliphatic heterocycles. The number of β-lactam (4-membered cyclic amide) rings is 1. The van der Waals surface area contributed by atoms with Crippen molar-refractivity contribution in [3.05, 3.63) is 50.7 Å². The minimum Gasteiger partial charge on any atom is -0.477 e. The molecule has 0 saturated carbocycles. The number of amides is 2. The van der Waals surface area contributed by atoms with E-state index in [-0.39, 0.29) is 26.6 Å². The highest BCUT2D eigenvalue weighted by atomic mass is 35.5. The van der Waals surface area contributed by atoms with Crippen LogP contribution in [0.4, 0.5) is 5.13 Å². The first kappa shape index (κ1) is 26.9. The number of aromatic nitrogens is 2. The lowest BCUT2D eigenvalue weighted by atomic mass is 10.0. The van der Waals surface area contributed by atoms with Crippen molar-refractivity contribution in [2.24, 2.45) is 10.9 Å². The highest BCUT2D eigenvalue weighted by molar-refractivity contribution is 8.06. The Bertz CT molecular complexity index is 1350. The number of carboxylic acid groups (broad SMARTS) is 1. The molecule has 4 rings (SSSR count). The summed E-state index contributed by atoms with van der Waals surface area (Å²) < 4.78 is 0.0418. The number of nitrogens with one attached hydrogen (secondary N) is 1. The fraction of sp³-hybridized carbons (Fsp3) is 0.238. The number of nitrogen functional groups attached to an aromatic ring is 1. The molecule has 1 saturated heterocycles. The van der Waals surface area contributed by atoms with E-state index in [9.17, 15) is 24.7 Å². The maximum Gasteiger partial charge on any atom is 0.353 e. The third kappa shape index (κ3) is 5.45. The normalized spacial score (nSPS) is 19.7. The van der Waals surface area contributed by atoms with Crippen LogP contribution in [0, 0.1) is 0 Å². The van der Waals surface area contributed by atoms with Gasteiger partial charge in [0.2, 0.25) is 0 Å². The van der Waals surface area contributed by atoms with E-state index in [0.29, 0.717) is 17.9 Å². The van der Waals surface area contributed by atoms with E-state index in [2.05, 4.69) is 20.4 Å². The predicted molar refractivity (Wildman–Crippen MR) is 142 cm³/mol. The van der Waals surface area contributed by atoms with Crippen LogP contribution in [-0.4, -0.2) is 72.4 Å². The van der Waals surface area contributed by atoms with Crippen LogP contribution in [0.15, 0.2) is 45.2 Å². The maximum atomic E-state index is 13.0. The number of anilines is 1. The fourth-order valence-corrected chi connectivity index (χ4v) is 7.07. The number of hydrogen-bond acceptors (Lipinski definition) is 12. The first-order valence-corrected chi connectivity index (χ1v) is 13.7. The minimum atomic E-state index is -1.26. The number of aliphatic carboxylic acids is 1. The van der Waals surface area contributed by atoms with Gasteiger partial charge in [-0.1, -0.05) is 52.0 Å². The lowest BCUT2D eigenvalue weighted by Crippen LogP contribution is -2.71. The van der Waals surface area contributed by atoms with Crippen LogP contribution in [0.2, 0.25) is 4.34 Å². The van der Waals surface area contributed by atoms with E-state index in [0.717, 1.165) is 26.7 Å². The number of thioether (sulfide) groups is 2. The summed E-state index contributed by atoms with van der Waals surface area (Å²) in [5, 5.41) is 24.2. The molecule has 4 heterocycles. The van der Waals surface area contributed by atoms with E-state index in [1.165, 1.54) is 23.5 Å². The molecule has 0 spiro atoms. The van der Waals surface area contributed by atoms with Crippen LogP contribution in [-0.2, 0) is 14.4 Å². The van der Waals surface area contributed by atoms with E-state index in [4.69, 9.17) is 23.1 Å². The summed E-state index contributed by atoms with van der Waals surface area (Å²) in [6, 6.07) is 0.726. The summed E-state index contributed by atoms with van der Waals surface area (Å²) >= 11 is 9.44. The number of halogens is 1. The average molecular weight is 582 g/mol. The molecule has 0 aromatic carbocycles. The van der Waals surface area contributed by atoms with Gasteiger partial charge in [0.1, 0.15) is 27.1 Å². The molecular formula is C21H20ClN7O5S3. The van der Waals surface area contributed by atoms with Crippen LogP contribution in [0.3, 0.4) is 0 Å². The van der Waals surface area contributed by atoms with Crippen LogP contribution >= 0.6 is 46.5 Å². The Labute approximate surface area is 227 Å². The molecule has 0 radical (unpaired) electrons. The SMILES string of the molecule is NCC/C=C\c1cnccc1SC1=C(C(=O)O)N2C(=O)[C@@H](NC(=O)/C(=N\O)c3nc(N)sc3Cl)[C@@H]2SC1. The Morgan fingerprint density at radius 2 is 2.22 bits per heavy atom. The van der Waals surface area contributed by atoms with Gasteiger partial charge in [0.25, 0.3) is 11.8 Å². The third-order valence-corrected chi connectivity index (χ3v) is 8.96. The van der Waals surface area contributed by atoms with Gasteiger partial charge in [-0.15, -0.1) is 11.8 Å². The van der Waals surface area contributed by atoms with Gasteiger partial charge in [0.15, 0.2) is 10.8 Å². The summed E-state index contributed by atoms with van der Waals surface area (Å²) in [4.78, 5) is 48.4. The second-order valence-corrected chi connectivity index (χ2v) is 11.4. The molecule has 16 heteroatoms. The molecule has 37 heavy (non-hydrogen) atoms. The molecule has 0 bridgehead atoms. The monoisotopic (exact) mass is 581 g/mol. The average Bonchev–Trinajstić information content (AvgIpc) is 3.20. The highest BCUT2D eigenvalue weighted by Crippen LogP contribution is 2.45. The van der Waals surface area contributed by atoms with Crippen molar-refractivity contribution in [3.63, 3.8) is 0 Å². The number of nitrogens with two attached hydrogens (primary N) is 2. The number of nitrogens with zero attached hydrogens (tertiary/aromatic N) is 4. The lowest BCUT2D eigenvalue weighted by Gasteiger charge is -2.49. The Morgan fingerprint density at radius 1 is 1.43 bits per heavy atom. The summed E-state index contributed by atoms with van der Waals surface area (Å²) in [7, 11) is 0. The van der Waals surface area contributed by atoms with Gasteiger partial charge in [0, 0.05) is 33.5 Å². The van der Waals surface area contributed by atoms with Crippen molar-refractivity contribution >= 4 is 81.2 Å². The Hall–Kier alpha value is -3.11. The molecule has 2 aromatic rings. The van der Waals surface area contributed by atoms with Gasteiger partial charge >= 0.3 is 5.97 Å². The molecule has 7 N–H and O–H groups in total. The molecule has 194 valence electrons. The first-order valence-electron chi connectivity index (χ1n) is 10.6. The second-order valence-electron chi connectivity index (χ2n) is 7.56. The number of fused-ring (bicyclic) bond motifs is 1. The number of oxime groups is 1. The topological polar surface area (TPSA) is 197 Å². The molecule has 2 aromatic heterocycles. The smallest absolute Gasteiger partial charge is 0.353 e. The standard InChI is InChI=1S/C21H20ClN7O5S3/c22-16-12(27-21(24)37-16)13(28-34)17(30)26-14-18(31)29-15(20(32)33)11(8-35-19(14)29)36-10-4-6-25-7-9(10)3-1-2-5-23/h1,3-4,6-7,14,19,34H,2,5,8,23H2,(H2,24,27)(H,26,30)(H,32,33)/b3-1-,28-13-/t14-,19+/m1/s1. The van der Waals surface area contributed by atoms with Gasteiger partial charge in [-0.3, -0.25) is 19.5 Å². The van der Waals surface area contributed by atoms with Crippen molar-refractivity contribution in [3.8, 4) is 0 Å². The molecular weight excluding hydrogens is 562 g/mol. The largest absolute Gasteiger partial charge is 0.477 e. The quantitative estimate of drug-likeness (QED) is 0.125. The lowest BCUT2D eigenvalue weighted by molar-refractivity contribution is -0.150. The number of hydrogen-bond donors (Lipinski definition) is 5. The van der Waals surface area contributed by atoms with Crippen molar-refractivity contribution in [2.75, 3.05) is 18.0 Å². The molecule has 0 aliphatic carbocycles. The van der Waals surface area contributed by atoms with Gasteiger partial charge in [-0.25, -0.2) is 9.78 Å². The number of thiazole rings is 1. The Morgan fingerprint density at radius 3 is 2.86 bits per heavy atom. The molecule has 2 atom stereocenters. The van der Waals surface area contributed by atoms with Gasteiger partial charge in [-0.2, -0.15) is 0 Å². The van der Waals surface area contributed by atoms with Crippen LogP contribution < -0.4 is 16.8 Å². The zero-order valence-electron chi connectivity index (χ0n) is 18.8. The first-order chi connectivity index (χ1) is 17.8. The molecule has 2 amide bonds. The molecule has 12 nitrogen and oxygen atoms in total. The van der Waals surface area contributed by atoms with Crippen LogP contribution in [0.25, 0.3) is 6.08 Å². The third-order valence-electron chi connectivity index (χ3n) is 5.24. The van der Waals surface area contributed by atoms with Crippen LogP contribution in [0.5, 0.6) is 0 Å². The number of carbonyl (C=O) groups excluding carboxylic acids is 2. The summed E-state index contributed by atoms with van der Waals surface area (Å²) in [5.41, 5.74) is 11.1. The maximum absolute atomic E-state index is 13.0. The zero-order valence-corrected chi connectivity index (χ0v) is 22.0. The van der Waals surface area contributed by atoms with Crippen LogP contribution in [0.1, 0.15) is 17.7 Å². The van der Waals surface area contributed by atoms with Crippen molar-refractivity contribution in [1.82, 2.24) is 20.2 Å². The number of carbonyl (C=O) groups is 3. The molecule has 0 unspecified atom stereocenters. The zero-order chi connectivity index (χ0) is 26.7. The van der Waals surface area contributed by atoms with E-state index in [1.54, 1.807) is 18.5 Å². The molecule has 1 fully saturated rings. The Kier molecular flexibility index (Phi) is 8.39. The van der Waals surface area contributed by atoms with Gasteiger partial charge in [-0.05, 0) is 19.0 Å². The predicted octanol–water partition coefficient (Wildman–Crippen LogP) is 1.80. The minimum absolute atomic E-state index is 0.0418. The van der Waals surface area contributed by atoms with E-state index >= 15 is 0 Å². The summed E-state index contributed by atoms with van der Waals surface area (Å²) in [6.45, 7) is 0.497. The fourth-order valence-electron chi connectivity index (χ4n) is 3.59. The molecule has 2 aliphatic rings. The van der Waals surface area contributed by atoms with Crippen molar-refractivity contribution in [2.45, 2.75) is 22.7 Å². The Balaban J connectivity index is 1.54. The van der Waals surface area contributed by atoms with Crippen molar-refractivity contribution < 1.29 is 24.7 Å².